The topological polar surface area (TPSA) is 65.8 Å². The summed E-state index contributed by atoms with van der Waals surface area (Å²) in [4.78, 5) is 20.6. The standard InChI is InChI=1S/C22H24BrN3O4/c1-28-19-11-17-18(12-20(19)29-2)24-21(14-25-7-9-30-10-8-25)26(22(17)27)13-15-3-5-16(23)6-4-15/h3-6,11-12H,7-10,13-14H2,1-2H3. The molecular weight excluding hydrogens is 450 g/mol. The van der Waals surface area contributed by atoms with Crippen LogP contribution in [0.25, 0.3) is 10.9 Å². The molecule has 0 N–H and O–H groups in total. The second-order valence-electron chi connectivity index (χ2n) is 7.16. The summed E-state index contributed by atoms with van der Waals surface area (Å²) in [7, 11) is 3.14. The predicted molar refractivity (Wildman–Crippen MR) is 118 cm³/mol. The Morgan fingerprint density at radius 2 is 1.70 bits per heavy atom. The zero-order chi connectivity index (χ0) is 21.1. The van der Waals surface area contributed by atoms with Gasteiger partial charge in [0.25, 0.3) is 5.56 Å². The summed E-state index contributed by atoms with van der Waals surface area (Å²) in [5.41, 5.74) is 1.55. The molecule has 158 valence electrons. The number of ether oxygens (including phenoxy) is 3. The van der Waals surface area contributed by atoms with E-state index in [4.69, 9.17) is 19.2 Å². The number of rotatable bonds is 6. The number of methoxy groups -OCH3 is 2. The van der Waals surface area contributed by atoms with Crippen molar-refractivity contribution in [2.45, 2.75) is 13.1 Å². The van der Waals surface area contributed by atoms with Crippen LogP contribution in [-0.4, -0.2) is 55.0 Å². The van der Waals surface area contributed by atoms with Crippen molar-refractivity contribution in [3.05, 3.63) is 62.6 Å². The average molecular weight is 474 g/mol. The highest BCUT2D eigenvalue weighted by Crippen LogP contribution is 2.30. The van der Waals surface area contributed by atoms with Gasteiger partial charge in [0.15, 0.2) is 11.5 Å². The Balaban J connectivity index is 1.83. The van der Waals surface area contributed by atoms with Gasteiger partial charge in [0.2, 0.25) is 0 Å². The molecule has 1 aromatic heterocycles. The van der Waals surface area contributed by atoms with E-state index in [1.165, 1.54) is 0 Å². The number of fused-ring (bicyclic) bond motifs is 1. The highest BCUT2D eigenvalue weighted by molar-refractivity contribution is 9.10. The van der Waals surface area contributed by atoms with Gasteiger partial charge in [-0.25, -0.2) is 4.98 Å². The first-order chi connectivity index (χ1) is 14.6. The Bertz CT molecular complexity index is 1090. The van der Waals surface area contributed by atoms with Crippen LogP contribution in [-0.2, 0) is 17.8 Å². The summed E-state index contributed by atoms with van der Waals surface area (Å²) in [6.07, 6.45) is 0. The van der Waals surface area contributed by atoms with E-state index in [2.05, 4.69) is 20.8 Å². The molecule has 0 atom stereocenters. The van der Waals surface area contributed by atoms with Gasteiger partial charge in [-0.3, -0.25) is 14.3 Å². The summed E-state index contributed by atoms with van der Waals surface area (Å²) >= 11 is 3.46. The van der Waals surface area contributed by atoms with Crippen LogP contribution in [0.4, 0.5) is 0 Å². The van der Waals surface area contributed by atoms with E-state index in [-0.39, 0.29) is 5.56 Å². The zero-order valence-corrected chi connectivity index (χ0v) is 18.6. The number of hydrogen-bond donors (Lipinski definition) is 0. The number of morpholine rings is 1. The molecule has 2 aromatic carbocycles. The molecule has 4 rings (SSSR count). The van der Waals surface area contributed by atoms with Crippen molar-refractivity contribution in [3.8, 4) is 11.5 Å². The van der Waals surface area contributed by atoms with Gasteiger partial charge in [-0.1, -0.05) is 28.1 Å². The van der Waals surface area contributed by atoms with Crippen LogP contribution in [0, 0.1) is 0 Å². The third kappa shape index (κ3) is 4.35. The first-order valence-electron chi connectivity index (χ1n) is 9.79. The van der Waals surface area contributed by atoms with Crippen molar-refractivity contribution in [2.75, 3.05) is 40.5 Å². The fraction of sp³-hybridized carbons (Fsp3) is 0.364. The first kappa shape index (κ1) is 20.8. The lowest BCUT2D eigenvalue weighted by molar-refractivity contribution is 0.0325. The zero-order valence-electron chi connectivity index (χ0n) is 17.1. The molecule has 1 aliphatic heterocycles. The quantitative estimate of drug-likeness (QED) is 0.548. The largest absolute Gasteiger partial charge is 0.493 e. The minimum Gasteiger partial charge on any atom is -0.493 e. The number of benzene rings is 2. The van der Waals surface area contributed by atoms with Gasteiger partial charge in [-0.2, -0.15) is 0 Å². The van der Waals surface area contributed by atoms with E-state index in [1.54, 1.807) is 30.9 Å². The minimum absolute atomic E-state index is 0.0906. The van der Waals surface area contributed by atoms with E-state index in [0.717, 1.165) is 29.0 Å². The minimum atomic E-state index is -0.0906. The van der Waals surface area contributed by atoms with E-state index < -0.39 is 0 Å². The van der Waals surface area contributed by atoms with Crippen LogP contribution in [0.1, 0.15) is 11.4 Å². The van der Waals surface area contributed by atoms with Gasteiger partial charge >= 0.3 is 0 Å². The van der Waals surface area contributed by atoms with Crippen molar-refractivity contribution < 1.29 is 14.2 Å². The van der Waals surface area contributed by atoms with Crippen molar-refractivity contribution in [1.29, 1.82) is 0 Å². The Morgan fingerprint density at radius 1 is 1.03 bits per heavy atom. The number of hydrogen-bond acceptors (Lipinski definition) is 6. The second kappa shape index (κ2) is 9.16. The van der Waals surface area contributed by atoms with Crippen LogP contribution >= 0.6 is 15.9 Å². The van der Waals surface area contributed by atoms with Gasteiger partial charge in [-0.05, 0) is 23.8 Å². The van der Waals surface area contributed by atoms with Crippen LogP contribution in [0.3, 0.4) is 0 Å². The lowest BCUT2D eigenvalue weighted by atomic mass is 10.2. The van der Waals surface area contributed by atoms with E-state index in [1.807, 2.05) is 24.3 Å². The Kier molecular flexibility index (Phi) is 6.36. The maximum atomic E-state index is 13.5. The molecule has 1 fully saturated rings. The molecule has 1 aliphatic rings. The van der Waals surface area contributed by atoms with Crippen LogP contribution in [0.5, 0.6) is 11.5 Å². The van der Waals surface area contributed by atoms with Gasteiger partial charge in [-0.15, -0.1) is 0 Å². The molecule has 30 heavy (non-hydrogen) atoms. The van der Waals surface area contributed by atoms with Gasteiger partial charge in [0.1, 0.15) is 5.82 Å². The smallest absolute Gasteiger partial charge is 0.261 e. The van der Waals surface area contributed by atoms with Crippen LogP contribution in [0.2, 0.25) is 0 Å². The van der Waals surface area contributed by atoms with Crippen LogP contribution < -0.4 is 15.0 Å². The molecule has 0 aliphatic carbocycles. The van der Waals surface area contributed by atoms with E-state index in [9.17, 15) is 4.79 Å². The molecule has 3 aromatic rings. The van der Waals surface area contributed by atoms with E-state index in [0.29, 0.717) is 48.7 Å². The van der Waals surface area contributed by atoms with Crippen molar-refractivity contribution >= 4 is 26.8 Å². The van der Waals surface area contributed by atoms with E-state index >= 15 is 0 Å². The maximum absolute atomic E-state index is 13.5. The molecular formula is C22H24BrN3O4. The molecule has 0 radical (unpaired) electrons. The Morgan fingerprint density at radius 3 is 2.37 bits per heavy atom. The maximum Gasteiger partial charge on any atom is 0.261 e. The highest BCUT2D eigenvalue weighted by atomic mass is 79.9. The Labute approximate surface area is 183 Å². The summed E-state index contributed by atoms with van der Waals surface area (Å²) in [5.74, 6) is 1.80. The second-order valence-corrected chi connectivity index (χ2v) is 8.07. The third-order valence-corrected chi connectivity index (χ3v) is 5.79. The lowest BCUT2D eigenvalue weighted by Crippen LogP contribution is -2.38. The fourth-order valence-corrected chi connectivity index (χ4v) is 3.87. The molecule has 0 spiro atoms. The molecule has 2 heterocycles. The molecule has 1 saturated heterocycles. The molecule has 8 heteroatoms. The van der Waals surface area contributed by atoms with Crippen molar-refractivity contribution in [3.63, 3.8) is 0 Å². The van der Waals surface area contributed by atoms with Gasteiger partial charge in [0, 0.05) is 23.6 Å². The molecule has 0 unspecified atom stereocenters. The average Bonchev–Trinajstić information content (AvgIpc) is 2.77. The Hall–Kier alpha value is -2.42. The van der Waals surface area contributed by atoms with Gasteiger partial charge in [0.05, 0.1) is 51.4 Å². The van der Waals surface area contributed by atoms with Crippen molar-refractivity contribution in [1.82, 2.24) is 14.5 Å². The normalized spacial score (nSPS) is 14.8. The molecule has 0 bridgehead atoms. The predicted octanol–water partition coefficient (Wildman–Crippen LogP) is 3.06. The van der Waals surface area contributed by atoms with Crippen molar-refractivity contribution in [2.24, 2.45) is 0 Å². The lowest BCUT2D eigenvalue weighted by Gasteiger charge is -2.27. The summed E-state index contributed by atoms with van der Waals surface area (Å²) in [5, 5.41) is 0.510. The highest BCUT2D eigenvalue weighted by Gasteiger charge is 2.19. The molecule has 0 saturated carbocycles. The monoisotopic (exact) mass is 473 g/mol. The number of halogens is 1. The first-order valence-corrected chi connectivity index (χ1v) is 10.6. The SMILES string of the molecule is COc1cc2nc(CN3CCOCC3)n(Cc3ccc(Br)cc3)c(=O)c2cc1OC. The molecule has 7 nitrogen and oxygen atoms in total. The van der Waals surface area contributed by atoms with Gasteiger partial charge < -0.3 is 14.2 Å². The number of aromatic nitrogens is 2. The summed E-state index contributed by atoms with van der Waals surface area (Å²) in [6, 6.07) is 11.4. The third-order valence-electron chi connectivity index (χ3n) is 5.26. The number of nitrogens with zero attached hydrogens (tertiary/aromatic N) is 3. The molecule has 0 amide bonds. The fourth-order valence-electron chi connectivity index (χ4n) is 3.61. The van der Waals surface area contributed by atoms with Crippen LogP contribution in [0.15, 0.2) is 45.7 Å². The summed E-state index contributed by atoms with van der Waals surface area (Å²) in [6.45, 7) is 4.05. The summed E-state index contributed by atoms with van der Waals surface area (Å²) < 4.78 is 19.0.